The van der Waals surface area contributed by atoms with Gasteiger partial charge in [0.1, 0.15) is 6.04 Å². The SMILES string of the molecule is CC(C)[C@@H](NC(=O)C1CCC(NC(=O)C2CCCC2)CC1)C(=O)O. The molecule has 0 aromatic carbocycles. The summed E-state index contributed by atoms with van der Waals surface area (Å²) in [5.41, 5.74) is 0. The fourth-order valence-corrected chi connectivity index (χ4v) is 3.79. The monoisotopic (exact) mass is 338 g/mol. The Morgan fingerprint density at radius 3 is 1.92 bits per heavy atom. The summed E-state index contributed by atoms with van der Waals surface area (Å²) in [7, 11) is 0. The van der Waals surface area contributed by atoms with Gasteiger partial charge in [0.25, 0.3) is 0 Å². The molecule has 0 aromatic rings. The highest BCUT2D eigenvalue weighted by Crippen LogP contribution is 2.28. The van der Waals surface area contributed by atoms with Gasteiger partial charge in [0.2, 0.25) is 11.8 Å². The molecule has 2 rings (SSSR count). The Labute approximate surface area is 143 Å². The van der Waals surface area contributed by atoms with Gasteiger partial charge in [0, 0.05) is 17.9 Å². The Balaban J connectivity index is 1.76. The molecule has 3 N–H and O–H groups in total. The number of nitrogens with one attached hydrogen (secondary N) is 2. The van der Waals surface area contributed by atoms with Crippen molar-refractivity contribution in [3.63, 3.8) is 0 Å². The highest BCUT2D eigenvalue weighted by Gasteiger charge is 2.32. The lowest BCUT2D eigenvalue weighted by Crippen LogP contribution is -2.48. The molecule has 6 nitrogen and oxygen atoms in total. The van der Waals surface area contributed by atoms with Crippen molar-refractivity contribution >= 4 is 17.8 Å². The summed E-state index contributed by atoms with van der Waals surface area (Å²) in [6.45, 7) is 3.57. The van der Waals surface area contributed by atoms with Crippen molar-refractivity contribution in [2.45, 2.75) is 77.3 Å². The van der Waals surface area contributed by atoms with Gasteiger partial charge in [-0.05, 0) is 44.4 Å². The number of amides is 2. The van der Waals surface area contributed by atoms with Crippen LogP contribution in [0.15, 0.2) is 0 Å². The van der Waals surface area contributed by atoms with E-state index in [1.54, 1.807) is 13.8 Å². The van der Waals surface area contributed by atoms with Gasteiger partial charge in [-0.25, -0.2) is 4.79 Å². The zero-order chi connectivity index (χ0) is 17.7. The van der Waals surface area contributed by atoms with Gasteiger partial charge >= 0.3 is 5.97 Å². The van der Waals surface area contributed by atoms with Crippen LogP contribution in [0.25, 0.3) is 0 Å². The van der Waals surface area contributed by atoms with Crippen molar-refractivity contribution in [1.29, 1.82) is 0 Å². The lowest BCUT2D eigenvalue weighted by molar-refractivity contribution is -0.144. The molecule has 0 bridgehead atoms. The van der Waals surface area contributed by atoms with Crippen molar-refractivity contribution in [2.24, 2.45) is 17.8 Å². The Morgan fingerprint density at radius 1 is 0.875 bits per heavy atom. The third kappa shape index (κ3) is 4.95. The zero-order valence-electron chi connectivity index (χ0n) is 14.7. The van der Waals surface area contributed by atoms with E-state index in [2.05, 4.69) is 10.6 Å². The van der Waals surface area contributed by atoms with Crippen molar-refractivity contribution < 1.29 is 19.5 Å². The second-order valence-corrected chi connectivity index (χ2v) is 7.61. The first-order chi connectivity index (χ1) is 11.4. The summed E-state index contributed by atoms with van der Waals surface area (Å²) in [4.78, 5) is 35.7. The highest BCUT2D eigenvalue weighted by molar-refractivity contribution is 5.85. The summed E-state index contributed by atoms with van der Waals surface area (Å²) in [5.74, 6) is -1.11. The molecule has 6 heteroatoms. The summed E-state index contributed by atoms with van der Waals surface area (Å²) in [6.07, 6.45) is 7.26. The van der Waals surface area contributed by atoms with Crippen LogP contribution in [0, 0.1) is 17.8 Å². The van der Waals surface area contributed by atoms with E-state index >= 15 is 0 Å². The number of hydrogen-bond donors (Lipinski definition) is 3. The highest BCUT2D eigenvalue weighted by atomic mass is 16.4. The predicted octanol–water partition coefficient (Wildman–Crippen LogP) is 2.08. The van der Waals surface area contributed by atoms with Gasteiger partial charge < -0.3 is 15.7 Å². The molecule has 0 unspecified atom stereocenters. The maximum Gasteiger partial charge on any atom is 0.326 e. The van der Waals surface area contributed by atoms with Crippen molar-refractivity contribution in [2.75, 3.05) is 0 Å². The summed E-state index contributed by atoms with van der Waals surface area (Å²) < 4.78 is 0. The van der Waals surface area contributed by atoms with E-state index in [0.29, 0.717) is 12.8 Å². The van der Waals surface area contributed by atoms with Crippen LogP contribution in [0.1, 0.15) is 65.2 Å². The van der Waals surface area contributed by atoms with Crippen LogP contribution < -0.4 is 10.6 Å². The van der Waals surface area contributed by atoms with Gasteiger partial charge in [0.05, 0.1) is 0 Å². The normalized spacial score (nSPS) is 26.1. The quantitative estimate of drug-likeness (QED) is 0.691. The molecule has 2 amide bonds. The van der Waals surface area contributed by atoms with Gasteiger partial charge in [-0.1, -0.05) is 26.7 Å². The van der Waals surface area contributed by atoms with Crippen LogP contribution in [-0.4, -0.2) is 35.0 Å². The van der Waals surface area contributed by atoms with Crippen LogP contribution in [0.5, 0.6) is 0 Å². The molecule has 136 valence electrons. The largest absolute Gasteiger partial charge is 0.480 e. The van der Waals surface area contributed by atoms with Crippen molar-refractivity contribution in [3.8, 4) is 0 Å². The van der Waals surface area contributed by atoms with Crippen molar-refractivity contribution in [3.05, 3.63) is 0 Å². The maximum atomic E-state index is 12.3. The van der Waals surface area contributed by atoms with E-state index in [1.807, 2.05) is 0 Å². The van der Waals surface area contributed by atoms with Gasteiger partial charge in [-0.2, -0.15) is 0 Å². The van der Waals surface area contributed by atoms with Crippen LogP contribution in [0.2, 0.25) is 0 Å². The number of carboxylic acid groups (broad SMARTS) is 1. The Morgan fingerprint density at radius 2 is 1.42 bits per heavy atom. The molecule has 0 aliphatic heterocycles. The number of aliphatic carboxylic acids is 1. The molecule has 0 heterocycles. The first-order valence-electron chi connectivity index (χ1n) is 9.22. The maximum absolute atomic E-state index is 12.3. The zero-order valence-corrected chi connectivity index (χ0v) is 14.7. The van der Waals surface area contributed by atoms with Crippen LogP contribution in [0.3, 0.4) is 0 Å². The second-order valence-electron chi connectivity index (χ2n) is 7.61. The lowest BCUT2D eigenvalue weighted by atomic mass is 9.85. The molecule has 0 radical (unpaired) electrons. The Bertz CT molecular complexity index is 464. The number of carbonyl (C=O) groups is 3. The minimum Gasteiger partial charge on any atom is -0.480 e. The number of hydrogen-bond acceptors (Lipinski definition) is 3. The number of carboxylic acids is 1. The Hall–Kier alpha value is -1.59. The van der Waals surface area contributed by atoms with E-state index < -0.39 is 12.0 Å². The summed E-state index contributed by atoms with van der Waals surface area (Å²) in [5, 5.41) is 15.0. The summed E-state index contributed by atoms with van der Waals surface area (Å²) >= 11 is 0. The molecular weight excluding hydrogens is 308 g/mol. The molecule has 2 fully saturated rings. The molecule has 0 spiro atoms. The third-order valence-electron chi connectivity index (χ3n) is 5.40. The standard InChI is InChI=1S/C18H30N2O4/c1-11(2)15(18(23)24)20-17(22)13-7-9-14(10-8-13)19-16(21)12-5-3-4-6-12/h11-15H,3-10H2,1-2H3,(H,19,21)(H,20,22)(H,23,24)/t13?,14?,15-/m1/s1. The smallest absolute Gasteiger partial charge is 0.326 e. The van der Waals surface area contributed by atoms with Crippen LogP contribution in [0.4, 0.5) is 0 Å². The van der Waals surface area contributed by atoms with E-state index in [4.69, 9.17) is 0 Å². The fourth-order valence-electron chi connectivity index (χ4n) is 3.79. The van der Waals surface area contributed by atoms with Crippen LogP contribution >= 0.6 is 0 Å². The second kappa shape index (κ2) is 8.49. The molecule has 0 aromatic heterocycles. The van der Waals surface area contributed by atoms with E-state index in [-0.39, 0.29) is 35.6 Å². The molecule has 24 heavy (non-hydrogen) atoms. The van der Waals surface area contributed by atoms with E-state index in [9.17, 15) is 19.5 Å². The predicted molar refractivity (Wildman–Crippen MR) is 90.3 cm³/mol. The minimum absolute atomic E-state index is 0.145. The van der Waals surface area contributed by atoms with Gasteiger partial charge in [0.15, 0.2) is 0 Å². The average Bonchev–Trinajstić information content (AvgIpc) is 3.07. The first kappa shape index (κ1) is 18.7. The molecule has 2 aliphatic rings. The fraction of sp³-hybridized carbons (Fsp3) is 0.833. The van der Waals surface area contributed by atoms with Crippen LogP contribution in [-0.2, 0) is 14.4 Å². The number of rotatable bonds is 6. The minimum atomic E-state index is -0.990. The third-order valence-corrected chi connectivity index (χ3v) is 5.40. The molecule has 1 atom stereocenters. The van der Waals surface area contributed by atoms with E-state index in [1.165, 1.54) is 0 Å². The number of carbonyl (C=O) groups excluding carboxylic acids is 2. The topological polar surface area (TPSA) is 95.5 Å². The Kier molecular flexibility index (Phi) is 6.63. The molecule has 0 saturated heterocycles. The lowest BCUT2D eigenvalue weighted by Gasteiger charge is -2.30. The van der Waals surface area contributed by atoms with Gasteiger partial charge in [-0.15, -0.1) is 0 Å². The van der Waals surface area contributed by atoms with Gasteiger partial charge in [-0.3, -0.25) is 9.59 Å². The van der Waals surface area contributed by atoms with E-state index in [0.717, 1.165) is 38.5 Å². The summed E-state index contributed by atoms with van der Waals surface area (Å²) in [6, 6.07) is -0.681. The molecule has 2 aliphatic carbocycles. The average molecular weight is 338 g/mol. The first-order valence-corrected chi connectivity index (χ1v) is 9.22. The van der Waals surface area contributed by atoms with Crippen molar-refractivity contribution in [1.82, 2.24) is 10.6 Å². The molecular formula is C18H30N2O4. The molecule has 2 saturated carbocycles.